The summed E-state index contributed by atoms with van der Waals surface area (Å²) >= 11 is 0. The van der Waals surface area contributed by atoms with E-state index in [1.54, 1.807) is 16.7 Å². The van der Waals surface area contributed by atoms with Gasteiger partial charge in [0.2, 0.25) is 5.82 Å². The molecule has 2 aromatic carbocycles. The molecule has 0 unspecified atom stereocenters. The number of anilines is 1. The van der Waals surface area contributed by atoms with Gasteiger partial charge in [0.05, 0.1) is 29.3 Å². The number of hydrogen-bond donors (Lipinski definition) is 5. The maximum Gasteiger partial charge on any atom is 0.309 e. The van der Waals surface area contributed by atoms with Crippen LogP contribution in [0.3, 0.4) is 0 Å². The molecule has 4 atom stereocenters. The predicted molar refractivity (Wildman–Crippen MR) is 143 cm³/mol. The van der Waals surface area contributed by atoms with Gasteiger partial charge in [-0.3, -0.25) is 9.35 Å². The van der Waals surface area contributed by atoms with Crippen molar-refractivity contribution in [1.82, 2.24) is 19.5 Å². The summed E-state index contributed by atoms with van der Waals surface area (Å²) < 4.78 is 33.3. The molecular weight excluding hydrogens is 538 g/mol. The van der Waals surface area contributed by atoms with Crippen LogP contribution in [0, 0.1) is 17.8 Å². The maximum atomic E-state index is 11.6. The molecule has 0 radical (unpaired) electrons. The van der Waals surface area contributed by atoms with Crippen LogP contribution in [0.15, 0.2) is 65.8 Å². The number of carbonyl (C=O) groups is 1. The largest absolute Gasteiger partial charge is 0.481 e. The zero-order chi connectivity index (χ0) is 28.4. The quantitative estimate of drug-likeness (QED) is 0.162. The van der Waals surface area contributed by atoms with Crippen molar-refractivity contribution in [2.24, 2.45) is 5.92 Å². The highest BCUT2D eigenvalue weighted by atomic mass is 32.2. The van der Waals surface area contributed by atoms with Gasteiger partial charge in [-0.15, -0.1) is 0 Å². The Balaban J connectivity index is 1.46. The van der Waals surface area contributed by atoms with Gasteiger partial charge in [-0.25, -0.2) is 15.0 Å². The molecule has 4 aromatic rings. The molecule has 12 nitrogen and oxygen atoms in total. The summed E-state index contributed by atoms with van der Waals surface area (Å²) in [4.78, 5) is 24.8. The molecule has 5 rings (SSSR count). The Morgan fingerprint density at radius 3 is 2.40 bits per heavy atom. The molecule has 1 aliphatic rings. The standard InChI is InChI=1S/C27H25N5O7S/c33-23-19(27(35)36)14-20(24(23)34)32-15-29-22-25(28-13-12-17-6-9-18(10-7-17)40(37,38)39)30-21(31-26(22)32)11-8-16-4-2-1-3-5-16/h1-7,9-10,15,19-20,23-24,33-34H,12-14H2,(H,35,36)(H,28,30,31)(H,37,38,39)/t19-,20+,23+,24-/m0/s1. The van der Waals surface area contributed by atoms with Crippen molar-refractivity contribution in [2.45, 2.75) is 36.0 Å². The lowest BCUT2D eigenvalue weighted by Crippen LogP contribution is -2.32. The molecule has 0 saturated heterocycles. The average molecular weight is 564 g/mol. The van der Waals surface area contributed by atoms with Crippen molar-refractivity contribution >= 4 is 33.1 Å². The number of nitrogens with zero attached hydrogens (tertiary/aromatic N) is 4. The van der Waals surface area contributed by atoms with E-state index in [1.165, 1.54) is 18.5 Å². The molecule has 0 aliphatic heterocycles. The number of aliphatic carboxylic acids is 1. The molecule has 1 saturated carbocycles. The van der Waals surface area contributed by atoms with Crippen molar-refractivity contribution in [1.29, 1.82) is 0 Å². The van der Waals surface area contributed by atoms with Gasteiger partial charge < -0.3 is 25.2 Å². The smallest absolute Gasteiger partial charge is 0.309 e. The second-order valence-electron chi connectivity index (χ2n) is 9.36. The molecule has 1 fully saturated rings. The van der Waals surface area contributed by atoms with E-state index in [9.17, 15) is 28.5 Å². The number of imidazole rings is 1. The highest BCUT2D eigenvalue weighted by Crippen LogP contribution is 2.37. The van der Waals surface area contributed by atoms with Crippen molar-refractivity contribution in [2.75, 3.05) is 11.9 Å². The summed E-state index contributed by atoms with van der Waals surface area (Å²) in [5.74, 6) is 4.13. The van der Waals surface area contributed by atoms with E-state index in [0.717, 1.165) is 11.1 Å². The third-order valence-corrected chi connectivity index (χ3v) is 7.64. The summed E-state index contributed by atoms with van der Waals surface area (Å²) in [6.45, 7) is 0.377. The van der Waals surface area contributed by atoms with E-state index in [4.69, 9.17) is 4.55 Å². The van der Waals surface area contributed by atoms with Crippen LogP contribution in [0.5, 0.6) is 0 Å². The van der Waals surface area contributed by atoms with Crippen LogP contribution in [0.1, 0.15) is 29.4 Å². The zero-order valence-electron chi connectivity index (χ0n) is 20.9. The number of aliphatic hydroxyl groups excluding tert-OH is 2. The first kappa shape index (κ1) is 27.2. The fraction of sp³-hybridized carbons (Fsp3) is 0.259. The van der Waals surface area contributed by atoms with Crippen molar-refractivity contribution in [3.05, 3.63) is 77.9 Å². The van der Waals surface area contributed by atoms with E-state index >= 15 is 0 Å². The Hall–Kier alpha value is -4.35. The van der Waals surface area contributed by atoms with E-state index in [2.05, 4.69) is 32.1 Å². The van der Waals surface area contributed by atoms with Crippen LogP contribution in [0.25, 0.3) is 11.2 Å². The Morgan fingerprint density at radius 2 is 1.75 bits per heavy atom. The first-order chi connectivity index (χ1) is 19.1. The summed E-state index contributed by atoms with van der Waals surface area (Å²) in [7, 11) is -4.28. The number of rotatable bonds is 7. The fourth-order valence-electron chi connectivity index (χ4n) is 4.67. The summed E-state index contributed by atoms with van der Waals surface area (Å²) in [5, 5.41) is 33.6. The van der Waals surface area contributed by atoms with Crippen LogP contribution >= 0.6 is 0 Å². The molecule has 13 heteroatoms. The summed E-state index contributed by atoms with van der Waals surface area (Å²) in [6, 6.07) is 14.3. The number of benzene rings is 2. The molecule has 40 heavy (non-hydrogen) atoms. The number of carboxylic acids is 1. The highest BCUT2D eigenvalue weighted by molar-refractivity contribution is 7.85. The second-order valence-corrected chi connectivity index (χ2v) is 10.8. The Labute approximate surface area is 229 Å². The molecule has 206 valence electrons. The molecule has 2 heterocycles. The van der Waals surface area contributed by atoms with Crippen molar-refractivity contribution in [3.8, 4) is 11.8 Å². The number of nitrogens with one attached hydrogen (secondary N) is 1. The third kappa shape index (κ3) is 5.65. The highest BCUT2D eigenvalue weighted by Gasteiger charge is 2.46. The zero-order valence-corrected chi connectivity index (χ0v) is 21.7. The minimum atomic E-state index is -4.28. The Bertz CT molecular complexity index is 1710. The lowest BCUT2D eigenvalue weighted by molar-refractivity contribution is -0.145. The van der Waals surface area contributed by atoms with E-state index in [1.807, 2.05) is 30.3 Å². The monoisotopic (exact) mass is 563 g/mol. The molecule has 0 amide bonds. The van der Waals surface area contributed by atoms with Gasteiger partial charge in [-0.2, -0.15) is 8.42 Å². The SMILES string of the molecule is O=C(O)[C@H]1C[C@@H](n2cnc3c(NCCc4ccc(S(=O)(=O)O)cc4)nc(C#Cc4ccccc4)nc32)[C@H](O)[C@@H]1O. The first-order valence-electron chi connectivity index (χ1n) is 12.3. The van der Waals surface area contributed by atoms with E-state index in [0.29, 0.717) is 29.9 Å². The maximum absolute atomic E-state index is 11.6. The Morgan fingerprint density at radius 1 is 1.02 bits per heavy atom. The van der Waals surface area contributed by atoms with Crippen LogP contribution < -0.4 is 5.32 Å². The van der Waals surface area contributed by atoms with Crippen LogP contribution in [0.4, 0.5) is 5.82 Å². The number of fused-ring (bicyclic) bond motifs is 1. The van der Waals surface area contributed by atoms with Crippen molar-refractivity contribution < 1.29 is 33.1 Å². The molecular formula is C27H25N5O7S. The van der Waals surface area contributed by atoms with Gasteiger partial charge in [0, 0.05) is 12.1 Å². The van der Waals surface area contributed by atoms with Gasteiger partial charge in [0.1, 0.15) is 6.10 Å². The van der Waals surface area contributed by atoms with E-state index in [-0.39, 0.29) is 17.1 Å². The molecule has 2 aromatic heterocycles. The van der Waals surface area contributed by atoms with Gasteiger partial charge in [0.15, 0.2) is 17.0 Å². The first-order valence-corrected chi connectivity index (χ1v) is 13.8. The summed E-state index contributed by atoms with van der Waals surface area (Å²) in [5.41, 5.74) is 2.24. The summed E-state index contributed by atoms with van der Waals surface area (Å²) in [6.07, 6.45) is -0.881. The lowest BCUT2D eigenvalue weighted by atomic mass is 10.1. The Kier molecular flexibility index (Phi) is 7.51. The number of aromatic nitrogens is 4. The average Bonchev–Trinajstić information content (AvgIpc) is 3.48. The number of hydrogen-bond acceptors (Lipinski definition) is 9. The third-order valence-electron chi connectivity index (χ3n) is 6.77. The minimum Gasteiger partial charge on any atom is -0.481 e. The van der Waals surface area contributed by atoms with Crippen LogP contribution in [0.2, 0.25) is 0 Å². The minimum absolute atomic E-state index is 0.0134. The molecule has 5 N–H and O–H groups in total. The van der Waals surface area contributed by atoms with E-state index < -0.39 is 40.3 Å². The second kappa shape index (κ2) is 11.0. The predicted octanol–water partition coefficient (Wildman–Crippen LogP) is 1.49. The van der Waals surface area contributed by atoms with Gasteiger partial charge in [-0.1, -0.05) is 36.3 Å². The lowest BCUT2D eigenvalue weighted by Gasteiger charge is -2.18. The normalized spacial score (nSPS) is 20.7. The molecule has 1 aliphatic carbocycles. The van der Waals surface area contributed by atoms with Gasteiger partial charge in [-0.05, 0) is 48.6 Å². The van der Waals surface area contributed by atoms with Gasteiger partial charge in [0.25, 0.3) is 10.1 Å². The van der Waals surface area contributed by atoms with Gasteiger partial charge >= 0.3 is 5.97 Å². The molecule has 0 bridgehead atoms. The topological polar surface area (TPSA) is 188 Å². The van der Waals surface area contributed by atoms with Crippen LogP contribution in [-0.2, 0) is 21.3 Å². The number of aliphatic hydroxyl groups is 2. The fourth-order valence-corrected chi connectivity index (χ4v) is 5.15. The molecule has 0 spiro atoms. The number of carboxylic acid groups (broad SMARTS) is 1. The van der Waals surface area contributed by atoms with Crippen molar-refractivity contribution in [3.63, 3.8) is 0 Å². The van der Waals surface area contributed by atoms with Crippen LogP contribution in [-0.4, -0.2) is 72.5 Å².